The van der Waals surface area contributed by atoms with Crippen LogP contribution in [0.5, 0.6) is 0 Å². The van der Waals surface area contributed by atoms with Crippen molar-refractivity contribution in [2.75, 3.05) is 11.9 Å². The molecule has 1 aromatic carbocycles. The number of hydrogen-bond donors (Lipinski definition) is 3. The number of carboxylic acid groups (broad SMARTS) is 1. The number of aromatic nitrogens is 3. The van der Waals surface area contributed by atoms with Crippen LogP contribution in [0.3, 0.4) is 0 Å². The first-order valence-corrected chi connectivity index (χ1v) is 7.55. The molecule has 9 heteroatoms. The zero-order valence-electron chi connectivity index (χ0n) is 12.1. The quantitative estimate of drug-likeness (QED) is 0.676. The molecule has 3 N–H and O–H groups in total. The SMILES string of the molecule is Cn1ncc2ccc(-c3csc(NC(=O)CNC(=O)O)n3)cc21. The summed E-state index contributed by atoms with van der Waals surface area (Å²) in [5, 5.41) is 20.5. The highest BCUT2D eigenvalue weighted by molar-refractivity contribution is 7.14. The standard InChI is InChI=1S/C14H13N5O3S/c1-19-11-4-8(2-3-9(11)5-16-19)10-7-23-13(17-10)18-12(20)6-15-14(21)22/h2-5,7,15H,6H2,1H3,(H,21,22)(H,17,18,20). The maximum atomic E-state index is 11.6. The van der Waals surface area contributed by atoms with Gasteiger partial charge in [-0.05, 0) is 6.07 Å². The number of nitrogens with one attached hydrogen (secondary N) is 2. The van der Waals surface area contributed by atoms with Crippen molar-refractivity contribution >= 4 is 39.4 Å². The summed E-state index contributed by atoms with van der Waals surface area (Å²) in [5.41, 5.74) is 2.65. The van der Waals surface area contributed by atoms with Gasteiger partial charge in [0.2, 0.25) is 5.91 Å². The van der Waals surface area contributed by atoms with Crippen LogP contribution < -0.4 is 10.6 Å². The number of fused-ring (bicyclic) bond motifs is 1. The summed E-state index contributed by atoms with van der Waals surface area (Å²) in [6, 6.07) is 5.89. The van der Waals surface area contributed by atoms with Gasteiger partial charge in [0, 0.05) is 23.4 Å². The molecule has 8 nitrogen and oxygen atoms in total. The van der Waals surface area contributed by atoms with E-state index in [2.05, 4.69) is 15.4 Å². The third kappa shape index (κ3) is 3.29. The summed E-state index contributed by atoms with van der Waals surface area (Å²) in [7, 11) is 1.87. The van der Waals surface area contributed by atoms with Gasteiger partial charge < -0.3 is 15.7 Å². The third-order valence-electron chi connectivity index (χ3n) is 3.20. The lowest BCUT2D eigenvalue weighted by atomic mass is 10.1. The van der Waals surface area contributed by atoms with Crippen molar-refractivity contribution in [3.63, 3.8) is 0 Å². The number of anilines is 1. The molecule has 2 amide bonds. The Morgan fingerprint density at radius 2 is 2.22 bits per heavy atom. The molecule has 0 aliphatic rings. The Morgan fingerprint density at radius 3 is 3.00 bits per heavy atom. The average Bonchev–Trinajstić information content (AvgIpc) is 3.12. The molecule has 0 radical (unpaired) electrons. The molecule has 3 rings (SSSR count). The van der Waals surface area contributed by atoms with Crippen LogP contribution in [0.2, 0.25) is 0 Å². The van der Waals surface area contributed by atoms with E-state index in [-0.39, 0.29) is 6.54 Å². The number of benzene rings is 1. The molecule has 0 aliphatic carbocycles. The zero-order chi connectivity index (χ0) is 16.4. The van der Waals surface area contributed by atoms with Crippen molar-refractivity contribution in [3.8, 4) is 11.3 Å². The van der Waals surface area contributed by atoms with E-state index < -0.39 is 12.0 Å². The minimum atomic E-state index is -1.25. The first-order chi connectivity index (χ1) is 11.0. The second-order valence-corrected chi connectivity index (χ2v) is 5.64. The predicted molar refractivity (Wildman–Crippen MR) is 86.5 cm³/mol. The second kappa shape index (κ2) is 6.05. The van der Waals surface area contributed by atoms with Crippen LogP contribution in [-0.4, -0.2) is 38.4 Å². The first-order valence-electron chi connectivity index (χ1n) is 6.67. The Kier molecular flexibility index (Phi) is 3.94. The first kappa shape index (κ1) is 15.0. The van der Waals surface area contributed by atoms with Crippen LogP contribution in [-0.2, 0) is 11.8 Å². The highest BCUT2D eigenvalue weighted by Gasteiger charge is 2.10. The molecule has 118 valence electrons. The van der Waals surface area contributed by atoms with Crippen LogP contribution in [0, 0.1) is 0 Å². The lowest BCUT2D eigenvalue weighted by Crippen LogP contribution is -2.31. The number of carbonyl (C=O) groups is 2. The smallest absolute Gasteiger partial charge is 0.405 e. The van der Waals surface area contributed by atoms with E-state index in [1.165, 1.54) is 11.3 Å². The van der Waals surface area contributed by atoms with Crippen LogP contribution in [0.4, 0.5) is 9.93 Å². The number of rotatable bonds is 4. The minimum Gasteiger partial charge on any atom is -0.465 e. The van der Waals surface area contributed by atoms with E-state index in [9.17, 15) is 9.59 Å². The van der Waals surface area contributed by atoms with E-state index in [4.69, 9.17) is 5.11 Å². The third-order valence-corrected chi connectivity index (χ3v) is 3.95. The van der Waals surface area contributed by atoms with E-state index in [1.807, 2.05) is 35.9 Å². The molecule has 0 bridgehead atoms. The van der Waals surface area contributed by atoms with Gasteiger partial charge in [-0.2, -0.15) is 5.10 Å². The van der Waals surface area contributed by atoms with Gasteiger partial charge in [-0.3, -0.25) is 9.48 Å². The number of hydrogen-bond acceptors (Lipinski definition) is 5. The molecule has 3 aromatic rings. The molecule has 2 aromatic heterocycles. The Bertz CT molecular complexity index is 886. The van der Waals surface area contributed by atoms with Crippen molar-refractivity contribution in [2.24, 2.45) is 7.05 Å². The van der Waals surface area contributed by atoms with Crippen LogP contribution in [0.15, 0.2) is 29.8 Å². The largest absolute Gasteiger partial charge is 0.465 e. The fraction of sp³-hybridized carbons (Fsp3) is 0.143. The molecule has 2 heterocycles. The van der Waals surface area contributed by atoms with Crippen LogP contribution in [0.25, 0.3) is 22.2 Å². The van der Waals surface area contributed by atoms with Gasteiger partial charge in [-0.15, -0.1) is 11.3 Å². The zero-order valence-corrected chi connectivity index (χ0v) is 12.9. The van der Waals surface area contributed by atoms with Crippen molar-refractivity contribution < 1.29 is 14.7 Å². The summed E-state index contributed by atoms with van der Waals surface area (Å²) in [4.78, 5) is 26.3. The summed E-state index contributed by atoms with van der Waals surface area (Å²) < 4.78 is 1.78. The molecule has 0 spiro atoms. The fourth-order valence-corrected chi connectivity index (χ4v) is 2.82. The van der Waals surface area contributed by atoms with E-state index in [0.717, 1.165) is 22.2 Å². The van der Waals surface area contributed by atoms with Gasteiger partial charge in [0.15, 0.2) is 5.13 Å². The number of thiazole rings is 1. The molecule has 23 heavy (non-hydrogen) atoms. The van der Waals surface area contributed by atoms with Gasteiger partial charge in [-0.25, -0.2) is 9.78 Å². The average molecular weight is 331 g/mol. The molecular formula is C14H13N5O3S. The van der Waals surface area contributed by atoms with E-state index in [0.29, 0.717) is 5.13 Å². The van der Waals surface area contributed by atoms with Gasteiger partial charge in [0.05, 0.1) is 17.4 Å². The minimum absolute atomic E-state index is 0.314. The number of nitrogens with zero attached hydrogens (tertiary/aromatic N) is 3. The number of aryl methyl sites for hydroxylation is 1. The maximum absolute atomic E-state index is 11.6. The molecular weight excluding hydrogens is 318 g/mol. The van der Waals surface area contributed by atoms with Crippen molar-refractivity contribution in [1.82, 2.24) is 20.1 Å². The predicted octanol–water partition coefficient (Wildman–Crippen LogP) is 1.90. The summed E-state index contributed by atoms with van der Waals surface area (Å²) in [6.07, 6.45) is 0.547. The normalized spacial score (nSPS) is 10.7. The Morgan fingerprint density at radius 1 is 1.39 bits per heavy atom. The summed E-state index contributed by atoms with van der Waals surface area (Å²) in [5.74, 6) is -0.463. The lowest BCUT2D eigenvalue weighted by Gasteiger charge is -2.01. The van der Waals surface area contributed by atoms with Gasteiger partial charge >= 0.3 is 6.09 Å². The van der Waals surface area contributed by atoms with Gasteiger partial charge in [0.1, 0.15) is 6.54 Å². The van der Waals surface area contributed by atoms with Gasteiger partial charge in [-0.1, -0.05) is 12.1 Å². The summed E-state index contributed by atoms with van der Waals surface area (Å²) >= 11 is 1.28. The Labute approximate surface area is 134 Å². The van der Waals surface area contributed by atoms with Crippen LogP contribution >= 0.6 is 11.3 Å². The number of carbonyl (C=O) groups excluding carboxylic acids is 1. The molecule has 0 aliphatic heterocycles. The Hall–Kier alpha value is -2.94. The Balaban J connectivity index is 1.76. The molecule has 0 saturated carbocycles. The molecule has 0 atom stereocenters. The monoisotopic (exact) mass is 331 g/mol. The topological polar surface area (TPSA) is 109 Å². The molecule has 0 fully saturated rings. The summed E-state index contributed by atoms with van der Waals surface area (Å²) in [6.45, 7) is -0.314. The van der Waals surface area contributed by atoms with Crippen molar-refractivity contribution in [2.45, 2.75) is 0 Å². The maximum Gasteiger partial charge on any atom is 0.405 e. The molecule has 0 unspecified atom stereocenters. The highest BCUT2D eigenvalue weighted by atomic mass is 32.1. The number of amides is 2. The fourth-order valence-electron chi connectivity index (χ4n) is 2.09. The van der Waals surface area contributed by atoms with Gasteiger partial charge in [0.25, 0.3) is 0 Å². The van der Waals surface area contributed by atoms with Crippen molar-refractivity contribution in [3.05, 3.63) is 29.8 Å². The highest BCUT2D eigenvalue weighted by Crippen LogP contribution is 2.27. The molecule has 0 saturated heterocycles. The van der Waals surface area contributed by atoms with E-state index >= 15 is 0 Å². The second-order valence-electron chi connectivity index (χ2n) is 4.79. The van der Waals surface area contributed by atoms with Crippen molar-refractivity contribution in [1.29, 1.82) is 0 Å². The van der Waals surface area contributed by atoms with E-state index in [1.54, 1.807) is 10.9 Å². The van der Waals surface area contributed by atoms with Crippen LogP contribution in [0.1, 0.15) is 0 Å². The lowest BCUT2D eigenvalue weighted by molar-refractivity contribution is -0.115.